The van der Waals surface area contributed by atoms with Crippen molar-refractivity contribution in [2.24, 2.45) is 0 Å². The third-order valence-electron chi connectivity index (χ3n) is 4.15. The summed E-state index contributed by atoms with van der Waals surface area (Å²) < 4.78 is 16.5. The van der Waals surface area contributed by atoms with Crippen molar-refractivity contribution in [1.29, 1.82) is 0 Å². The summed E-state index contributed by atoms with van der Waals surface area (Å²) in [6.45, 7) is 1.60. The fraction of sp³-hybridized carbons (Fsp3) is 1.00. The number of hydrogen-bond donors (Lipinski definition) is 4. The van der Waals surface area contributed by atoms with Gasteiger partial charge in [0, 0.05) is 5.88 Å². The molecule has 2 saturated heterocycles. The van der Waals surface area contributed by atoms with E-state index in [9.17, 15) is 20.4 Å². The van der Waals surface area contributed by atoms with Crippen LogP contribution in [0.1, 0.15) is 13.3 Å². The molecule has 2 aliphatic heterocycles. The predicted molar refractivity (Wildman–Crippen MR) is 82.7 cm³/mol. The Morgan fingerprint density at radius 2 is 1.74 bits per heavy atom. The third kappa shape index (κ3) is 3.74. The minimum absolute atomic E-state index is 0.207. The minimum Gasteiger partial charge on any atom is -0.389 e. The Morgan fingerprint density at radius 1 is 1.09 bits per heavy atom. The van der Waals surface area contributed by atoms with Gasteiger partial charge in [0.2, 0.25) is 5.79 Å². The van der Waals surface area contributed by atoms with E-state index in [1.165, 1.54) is 0 Å². The number of alkyl halides is 3. The van der Waals surface area contributed by atoms with Crippen LogP contribution in [0, 0.1) is 0 Å². The molecule has 4 N–H and O–H groups in total. The van der Waals surface area contributed by atoms with E-state index in [1.54, 1.807) is 6.92 Å². The Hall–Kier alpha value is 0.590. The topological polar surface area (TPSA) is 109 Å². The van der Waals surface area contributed by atoms with Crippen LogP contribution >= 0.6 is 34.8 Å². The highest BCUT2D eigenvalue weighted by atomic mass is 35.5. The van der Waals surface area contributed by atoms with Crippen molar-refractivity contribution in [2.45, 2.75) is 67.4 Å². The summed E-state index contributed by atoms with van der Waals surface area (Å²) in [6, 6.07) is 0. The lowest BCUT2D eigenvalue weighted by atomic mass is 10.0. The first kappa shape index (κ1) is 19.9. The number of hydrogen-bond acceptors (Lipinski definition) is 7. The largest absolute Gasteiger partial charge is 0.389 e. The van der Waals surface area contributed by atoms with Crippen molar-refractivity contribution in [3.8, 4) is 0 Å². The highest BCUT2D eigenvalue weighted by Crippen LogP contribution is 2.38. The highest BCUT2D eigenvalue weighted by molar-refractivity contribution is 6.21. The van der Waals surface area contributed by atoms with Gasteiger partial charge in [-0.3, -0.25) is 0 Å². The molecule has 0 radical (unpaired) electrons. The predicted octanol–water partition coefficient (Wildman–Crippen LogP) is -0.238. The molecule has 10 heteroatoms. The average molecular weight is 396 g/mol. The van der Waals surface area contributed by atoms with E-state index in [-0.39, 0.29) is 18.2 Å². The van der Waals surface area contributed by atoms with E-state index in [1.807, 2.05) is 0 Å². The van der Waals surface area contributed by atoms with Gasteiger partial charge in [-0.2, -0.15) is 0 Å². The van der Waals surface area contributed by atoms with Crippen molar-refractivity contribution < 1.29 is 34.6 Å². The summed E-state index contributed by atoms with van der Waals surface area (Å²) in [5.74, 6) is -1.91. The Balaban J connectivity index is 2.15. The van der Waals surface area contributed by atoms with Gasteiger partial charge in [-0.25, -0.2) is 0 Å². The van der Waals surface area contributed by atoms with Crippen LogP contribution in [0.15, 0.2) is 0 Å². The maximum atomic E-state index is 10.3. The highest BCUT2D eigenvalue weighted by Gasteiger charge is 2.57. The van der Waals surface area contributed by atoms with Gasteiger partial charge in [0.05, 0.1) is 23.5 Å². The Labute approximate surface area is 149 Å². The number of ether oxygens (including phenoxy) is 3. The summed E-state index contributed by atoms with van der Waals surface area (Å²) in [7, 11) is 0. The van der Waals surface area contributed by atoms with Gasteiger partial charge in [-0.05, 0) is 13.3 Å². The van der Waals surface area contributed by atoms with Gasteiger partial charge >= 0.3 is 0 Å². The molecular formula is C13H21Cl3O7. The first-order chi connectivity index (χ1) is 10.8. The third-order valence-corrected chi connectivity index (χ3v) is 5.36. The molecule has 7 nitrogen and oxygen atoms in total. The van der Waals surface area contributed by atoms with Gasteiger partial charge in [0.15, 0.2) is 6.29 Å². The fourth-order valence-corrected chi connectivity index (χ4v) is 3.43. The van der Waals surface area contributed by atoms with Gasteiger partial charge in [-0.15, -0.1) is 34.8 Å². The second-order valence-electron chi connectivity index (χ2n) is 5.77. The first-order valence-electron chi connectivity index (χ1n) is 7.26. The fourth-order valence-electron chi connectivity index (χ4n) is 2.72. The minimum atomic E-state index is -1.79. The number of rotatable bonds is 5. The Bertz CT molecular complexity index is 404. The summed E-state index contributed by atoms with van der Waals surface area (Å²) in [6.07, 6.45) is -7.92. The van der Waals surface area contributed by atoms with E-state index >= 15 is 0 Å². The van der Waals surface area contributed by atoms with Crippen molar-refractivity contribution in [2.75, 3.05) is 11.8 Å². The first-order valence-corrected chi connectivity index (χ1v) is 8.77. The lowest BCUT2D eigenvalue weighted by Gasteiger charge is -2.42. The normalized spacial score (nSPS) is 51.1. The number of aliphatic hydroxyl groups excluding tert-OH is 4. The molecule has 2 fully saturated rings. The molecule has 0 aromatic rings. The van der Waals surface area contributed by atoms with Crippen LogP contribution in [-0.2, 0) is 14.2 Å². The van der Waals surface area contributed by atoms with Gasteiger partial charge in [0.25, 0.3) is 0 Å². The van der Waals surface area contributed by atoms with Crippen LogP contribution in [0.3, 0.4) is 0 Å². The van der Waals surface area contributed by atoms with Crippen molar-refractivity contribution in [3.63, 3.8) is 0 Å². The van der Waals surface area contributed by atoms with Crippen molar-refractivity contribution in [3.05, 3.63) is 0 Å². The van der Waals surface area contributed by atoms with E-state index in [0.717, 1.165) is 0 Å². The standard InChI is InChI=1S/C13H21Cl3O7/c1-5-7(16)9(18)10(19)12(21-5)23-13(4-15)11(20)8(17)6(22-13)2-3-14/h5-12,17-20H,2-4H2,1H3/t5?,6-,7+,8-,9+,10-,11+,12-,13+/m1/s1. The van der Waals surface area contributed by atoms with Crippen molar-refractivity contribution >= 4 is 34.8 Å². The monoisotopic (exact) mass is 394 g/mol. The zero-order valence-corrected chi connectivity index (χ0v) is 14.7. The summed E-state index contributed by atoms with van der Waals surface area (Å²) >= 11 is 17.4. The lowest BCUT2D eigenvalue weighted by Crippen LogP contribution is -2.60. The van der Waals surface area contributed by atoms with Gasteiger partial charge < -0.3 is 34.6 Å². The van der Waals surface area contributed by atoms with Crippen molar-refractivity contribution in [1.82, 2.24) is 0 Å². The smallest absolute Gasteiger partial charge is 0.214 e. The van der Waals surface area contributed by atoms with E-state index in [2.05, 4.69) is 0 Å². The quantitative estimate of drug-likeness (QED) is 0.476. The zero-order valence-electron chi connectivity index (χ0n) is 12.4. The second kappa shape index (κ2) is 7.86. The van der Waals surface area contributed by atoms with Gasteiger partial charge in [0.1, 0.15) is 24.4 Å². The molecule has 0 amide bonds. The molecule has 0 aliphatic carbocycles. The molecule has 0 saturated carbocycles. The molecule has 0 spiro atoms. The molecule has 2 heterocycles. The van der Waals surface area contributed by atoms with Crippen LogP contribution in [0.25, 0.3) is 0 Å². The molecule has 23 heavy (non-hydrogen) atoms. The molecule has 136 valence electrons. The molecule has 2 aliphatic rings. The molecule has 9 atom stereocenters. The lowest BCUT2D eigenvalue weighted by molar-refractivity contribution is -0.355. The number of halogens is 3. The van der Waals surface area contributed by atoms with Crippen LogP contribution in [0.4, 0.5) is 0 Å². The molecule has 0 bridgehead atoms. The zero-order chi connectivity index (χ0) is 17.4. The summed E-state index contributed by atoms with van der Waals surface area (Å²) in [5.41, 5.74) is 0. The molecule has 2 rings (SSSR count). The van der Waals surface area contributed by atoms with E-state index in [0.29, 0.717) is 0 Å². The summed E-state index contributed by atoms with van der Waals surface area (Å²) in [4.78, 5) is 0. The van der Waals surface area contributed by atoms with E-state index in [4.69, 9.17) is 49.0 Å². The van der Waals surface area contributed by atoms with Crippen LogP contribution in [-0.4, -0.2) is 86.3 Å². The molecule has 0 aromatic heterocycles. The second-order valence-corrected chi connectivity index (χ2v) is 6.92. The molecular weight excluding hydrogens is 374 g/mol. The average Bonchev–Trinajstić information content (AvgIpc) is 2.76. The van der Waals surface area contributed by atoms with Crippen LogP contribution < -0.4 is 0 Å². The molecule has 1 unspecified atom stereocenters. The van der Waals surface area contributed by atoms with Crippen LogP contribution in [0.5, 0.6) is 0 Å². The Kier molecular flexibility index (Phi) is 6.81. The van der Waals surface area contributed by atoms with E-state index < -0.39 is 54.1 Å². The van der Waals surface area contributed by atoms with Gasteiger partial charge in [-0.1, -0.05) is 0 Å². The molecule has 0 aromatic carbocycles. The summed E-state index contributed by atoms with van der Waals surface area (Å²) in [5, 5.41) is 39.5. The number of aliphatic hydroxyl groups is 4. The van der Waals surface area contributed by atoms with Crippen LogP contribution in [0.2, 0.25) is 0 Å². The maximum Gasteiger partial charge on any atom is 0.214 e. The SMILES string of the molecule is CC1O[C@H](O[C@]2(CCl)O[C@H](CCCl)[C@@H](O)[C@@H]2O)[C@H](O)[C@@H](O)[C@H]1Cl. The maximum absolute atomic E-state index is 10.3. The Morgan fingerprint density at radius 3 is 2.30 bits per heavy atom.